The van der Waals surface area contributed by atoms with Gasteiger partial charge in [-0.25, -0.2) is 0 Å². The summed E-state index contributed by atoms with van der Waals surface area (Å²) < 4.78 is 1.36. The molecule has 1 atom stereocenters. The molecule has 1 aromatic carbocycles. The lowest BCUT2D eigenvalue weighted by Crippen LogP contribution is -2.28. The number of nitrogens with one attached hydrogen (secondary N) is 1. The lowest BCUT2D eigenvalue weighted by Gasteiger charge is -2.24. The first kappa shape index (κ1) is 10.4. The van der Waals surface area contributed by atoms with Crippen LogP contribution in [0.2, 0.25) is 0 Å². The van der Waals surface area contributed by atoms with Crippen LogP contribution in [0.5, 0.6) is 0 Å². The zero-order valence-electron chi connectivity index (χ0n) is 8.52. The number of aryl methyl sites for hydroxylation is 1. The van der Waals surface area contributed by atoms with Crippen LogP contribution in [0, 0.1) is 10.5 Å². The topological polar surface area (TPSA) is 12.0 Å². The molecule has 0 aliphatic carbocycles. The molecule has 1 saturated heterocycles. The molecule has 0 radical (unpaired) electrons. The lowest BCUT2D eigenvalue weighted by molar-refractivity contribution is 0.460. The predicted molar refractivity (Wildman–Crippen MR) is 68.7 cm³/mol. The van der Waals surface area contributed by atoms with Gasteiger partial charge in [-0.3, -0.25) is 0 Å². The van der Waals surface area contributed by atoms with E-state index in [0.717, 1.165) is 12.5 Å². The van der Waals surface area contributed by atoms with Crippen LogP contribution in [0.15, 0.2) is 18.2 Å². The van der Waals surface area contributed by atoms with Gasteiger partial charge in [0.15, 0.2) is 0 Å². The molecular weight excluding hydrogens is 285 g/mol. The molecule has 1 unspecified atom stereocenters. The lowest BCUT2D eigenvalue weighted by atomic mass is 9.89. The zero-order valence-corrected chi connectivity index (χ0v) is 10.7. The summed E-state index contributed by atoms with van der Waals surface area (Å²) in [6.45, 7) is 4.57. The summed E-state index contributed by atoms with van der Waals surface area (Å²) in [6.07, 6.45) is 2.66. The summed E-state index contributed by atoms with van der Waals surface area (Å²) in [6, 6.07) is 6.77. The van der Waals surface area contributed by atoms with Crippen LogP contribution in [0.3, 0.4) is 0 Å². The van der Waals surface area contributed by atoms with E-state index in [9.17, 15) is 0 Å². The van der Waals surface area contributed by atoms with E-state index in [4.69, 9.17) is 0 Å². The Hall–Kier alpha value is -0.0900. The SMILES string of the molecule is Cc1ccc(I)cc1C1CCCNC1. The van der Waals surface area contributed by atoms with Crippen molar-refractivity contribution in [2.75, 3.05) is 13.1 Å². The predicted octanol–water partition coefficient (Wildman–Crippen LogP) is 3.07. The second kappa shape index (κ2) is 4.62. The Morgan fingerprint density at radius 2 is 2.29 bits per heavy atom. The highest BCUT2D eigenvalue weighted by Crippen LogP contribution is 2.27. The van der Waals surface area contributed by atoms with Crippen molar-refractivity contribution in [3.8, 4) is 0 Å². The molecule has 0 spiro atoms. The third-order valence-corrected chi connectivity index (χ3v) is 3.65. The fourth-order valence-corrected chi connectivity index (χ4v) is 2.68. The smallest absolute Gasteiger partial charge is 0.0133 e. The third kappa shape index (κ3) is 2.28. The quantitative estimate of drug-likeness (QED) is 0.786. The maximum absolute atomic E-state index is 3.48. The van der Waals surface area contributed by atoms with Crippen molar-refractivity contribution in [2.24, 2.45) is 0 Å². The normalized spacial score (nSPS) is 22.3. The first-order valence-corrected chi connectivity index (χ1v) is 6.32. The van der Waals surface area contributed by atoms with Gasteiger partial charge in [0, 0.05) is 10.1 Å². The van der Waals surface area contributed by atoms with Crippen molar-refractivity contribution in [3.05, 3.63) is 32.9 Å². The molecular formula is C12H16IN. The molecule has 0 saturated carbocycles. The molecule has 0 bridgehead atoms. The summed E-state index contributed by atoms with van der Waals surface area (Å²) in [5, 5.41) is 3.48. The molecule has 0 amide bonds. The van der Waals surface area contributed by atoms with E-state index >= 15 is 0 Å². The number of hydrogen-bond donors (Lipinski definition) is 1. The van der Waals surface area contributed by atoms with Crippen LogP contribution < -0.4 is 5.32 Å². The molecule has 0 aromatic heterocycles. The second-order valence-corrected chi connectivity index (χ2v) is 5.29. The Balaban J connectivity index is 2.24. The van der Waals surface area contributed by atoms with Gasteiger partial charge >= 0.3 is 0 Å². The average molecular weight is 301 g/mol. The number of piperidine rings is 1. The number of hydrogen-bond acceptors (Lipinski definition) is 1. The van der Waals surface area contributed by atoms with Gasteiger partial charge in [0.1, 0.15) is 0 Å². The summed E-state index contributed by atoms with van der Waals surface area (Å²) in [7, 11) is 0. The summed E-state index contributed by atoms with van der Waals surface area (Å²) in [5.41, 5.74) is 2.99. The Labute approximate surface area is 99.4 Å². The number of halogens is 1. The highest BCUT2D eigenvalue weighted by molar-refractivity contribution is 14.1. The van der Waals surface area contributed by atoms with Crippen molar-refractivity contribution in [3.63, 3.8) is 0 Å². The standard InChI is InChI=1S/C12H16IN/c1-9-4-5-11(13)7-12(9)10-3-2-6-14-8-10/h4-5,7,10,14H,2-3,6,8H2,1H3. The van der Waals surface area contributed by atoms with Crippen molar-refractivity contribution < 1.29 is 0 Å². The fraction of sp³-hybridized carbons (Fsp3) is 0.500. The van der Waals surface area contributed by atoms with Gasteiger partial charge in [-0.15, -0.1) is 0 Å². The average Bonchev–Trinajstić information content (AvgIpc) is 2.23. The van der Waals surface area contributed by atoms with Gasteiger partial charge < -0.3 is 5.32 Å². The Bertz CT molecular complexity index is 316. The van der Waals surface area contributed by atoms with E-state index in [-0.39, 0.29) is 0 Å². The zero-order chi connectivity index (χ0) is 9.97. The van der Waals surface area contributed by atoms with Crippen LogP contribution in [0.4, 0.5) is 0 Å². The molecule has 2 rings (SSSR count). The van der Waals surface area contributed by atoms with E-state index in [0.29, 0.717) is 0 Å². The Morgan fingerprint density at radius 3 is 3.00 bits per heavy atom. The summed E-state index contributed by atoms with van der Waals surface area (Å²) in [5.74, 6) is 0.735. The fourth-order valence-electron chi connectivity index (χ4n) is 2.17. The molecule has 1 aromatic rings. The van der Waals surface area contributed by atoms with Crippen molar-refractivity contribution in [1.82, 2.24) is 5.32 Å². The second-order valence-electron chi connectivity index (χ2n) is 4.04. The first-order chi connectivity index (χ1) is 6.77. The highest BCUT2D eigenvalue weighted by Gasteiger charge is 2.16. The van der Waals surface area contributed by atoms with E-state index in [1.54, 1.807) is 5.56 Å². The van der Waals surface area contributed by atoms with E-state index in [1.165, 1.54) is 28.5 Å². The molecule has 1 aliphatic rings. The van der Waals surface area contributed by atoms with Gasteiger partial charge in [-0.1, -0.05) is 6.07 Å². The largest absolute Gasteiger partial charge is 0.316 e. The highest BCUT2D eigenvalue weighted by atomic mass is 127. The maximum atomic E-state index is 3.48. The molecule has 1 aliphatic heterocycles. The third-order valence-electron chi connectivity index (χ3n) is 2.98. The van der Waals surface area contributed by atoms with Crippen molar-refractivity contribution in [2.45, 2.75) is 25.7 Å². The summed E-state index contributed by atoms with van der Waals surface area (Å²) >= 11 is 2.40. The van der Waals surface area contributed by atoms with E-state index < -0.39 is 0 Å². The minimum absolute atomic E-state index is 0.735. The van der Waals surface area contributed by atoms with Gasteiger partial charge in [0.25, 0.3) is 0 Å². The first-order valence-electron chi connectivity index (χ1n) is 5.24. The molecule has 1 N–H and O–H groups in total. The van der Waals surface area contributed by atoms with E-state index in [2.05, 4.69) is 53.0 Å². The molecule has 1 nitrogen and oxygen atoms in total. The minimum atomic E-state index is 0.735. The van der Waals surface area contributed by atoms with Gasteiger partial charge in [-0.2, -0.15) is 0 Å². The molecule has 1 heterocycles. The van der Waals surface area contributed by atoms with Crippen LogP contribution in [0.1, 0.15) is 29.9 Å². The maximum Gasteiger partial charge on any atom is 0.0133 e. The number of benzene rings is 1. The Morgan fingerprint density at radius 1 is 1.43 bits per heavy atom. The van der Waals surface area contributed by atoms with Crippen LogP contribution in [-0.2, 0) is 0 Å². The molecule has 76 valence electrons. The Kier molecular flexibility index (Phi) is 3.44. The summed E-state index contributed by atoms with van der Waals surface area (Å²) in [4.78, 5) is 0. The van der Waals surface area contributed by atoms with Gasteiger partial charge in [0.05, 0.1) is 0 Å². The monoisotopic (exact) mass is 301 g/mol. The van der Waals surface area contributed by atoms with E-state index in [1.807, 2.05) is 0 Å². The molecule has 14 heavy (non-hydrogen) atoms. The van der Waals surface area contributed by atoms with Crippen LogP contribution >= 0.6 is 22.6 Å². The van der Waals surface area contributed by atoms with Crippen LogP contribution in [-0.4, -0.2) is 13.1 Å². The minimum Gasteiger partial charge on any atom is -0.316 e. The molecule has 1 fully saturated rings. The van der Waals surface area contributed by atoms with Gasteiger partial charge in [0.2, 0.25) is 0 Å². The van der Waals surface area contributed by atoms with Crippen molar-refractivity contribution in [1.29, 1.82) is 0 Å². The van der Waals surface area contributed by atoms with Crippen molar-refractivity contribution >= 4 is 22.6 Å². The molecule has 2 heteroatoms. The van der Waals surface area contributed by atoms with Gasteiger partial charge in [-0.05, 0) is 78.1 Å². The number of rotatable bonds is 1. The van der Waals surface area contributed by atoms with Crippen LogP contribution in [0.25, 0.3) is 0 Å².